The Morgan fingerprint density at radius 3 is 2.39 bits per heavy atom. The average Bonchev–Trinajstić information content (AvgIpc) is 2.68. The van der Waals surface area contributed by atoms with E-state index in [1.54, 1.807) is 0 Å². The lowest BCUT2D eigenvalue weighted by Crippen LogP contribution is -2.48. The first-order valence-electron chi connectivity index (χ1n) is 7.86. The van der Waals surface area contributed by atoms with Gasteiger partial charge in [0.2, 0.25) is 0 Å². The van der Waals surface area contributed by atoms with Gasteiger partial charge in [-0.3, -0.25) is 0 Å². The molecule has 2 fully saturated rings. The fourth-order valence-electron chi connectivity index (χ4n) is 3.41. The van der Waals surface area contributed by atoms with E-state index in [1.165, 1.54) is 57.8 Å². The van der Waals surface area contributed by atoms with Gasteiger partial charge in [-0.15, -0.1) is 0 Å². The van der Waals surface area contributed by atoms with E-state index in [2.05, 4.69) is 12.2 Å². The number of rotatable bonds is 2. The highest BCUT2D eigenvalue weighted by Crippen LogP contribution is 2.27. The van der Waals surface area contributed by atoms with Crippen molar-refractivity contribution in [3.8, 4) is 0 Å². The summed E-state index contributed by atoms with van der Waals surface area (Å²) in [6.45, 7) is 4.16. The van der Waals surface area contributed by atoms with E-state index in [-0.39, 0.29) is 6.03 Å². The van der Waals surface area contributed by atoms with Crippen molar-refractivity contribution < 1.29 is 4.79 Å². The molecule has 3 heteroatoms. The Kier molecular flexibility index (Phi) is 5.33. The second kappa shape index (κ2) is 7.01. The van der Waals surface area contributed by atoms with E-state index < -0.39 is 0 Å². The van der Waals surface area contributed by atoms with Gasteiger partial charge in [0, 0.05) is 19.1 Å². The van der Waals surface area contributed by atoms with E-state index >= 15 is 0 Å². The lowest BCUT2D eigenvalue weighted by Gasteiger charge is -2.33. The average molecular weight is 252 g/mol. The Morgan fingerprint density at radius 1 is 1.06 bits per heavy atom. The van der Waals surface area contributed by atoms with Crippen LogP contribution in [0.4, 0.5) is 4.79 Å². The van der Waals surface area contributed by atoms with Crippen LogP contribution in [-0.2, 0) is 0 Å². The first-order valence-corrected chi connectivity index (χ1v) is 7.86. The van der Waals surface area contributed by atoms with Gasteiger partial charge in [0.25, 0.3) is 0 Å². The standard InChI is InChI=1S/C15H28N2O/c1-2-13-9-5-6-10-14(13)16-15(18)17-11-7-3-4-8-12-17/h13-14H,2-12H2,1H3,(H,16,18). The summed E-state index contributed by atoms with van der Waals surface area (Å²) >= 11 is 0. The Bertz CT molecular complexity index is 259. The molecule has 104 valence electrons. The minimum absolute atomic E-state index is 0.197. The Morgan fingerprint density at radius 2 is 1.72 bits per heavy atom. The lowest BCUT2D eigenvalue weighted by atomic mass is 9.83. The first-order chi connectivity index (χ1) is 8.81. The second-order valence-corrected chi connectivity index (χ2v) is 5.91. The summed E-state index contributed by atoms with van der Waals surface area (Å²) in [5.74, 6) is 0.703. The van der Waals surface area contributed by atoms with E-state index in [0.717, 1.165) is 13.1 Å². The number of urea groups is 1. The number of hydrogen-bond donors (Lipinski definition) is 1. The molecule has 1 saturated carbocycles. The highest BCUT2D eigenvalue weighted by Gasteiger charge is 2.26. The molecular weight excluding hydrogens is 224 g/mol. The van der Waals surface area contributed by atoms with Crippen LogP contribution in [0.5, 0.6) is 0 Å². The molecule has 1 aliphatic heterocycles. The van der Waals surface area contributed by atoms with Gasteiger partial charge >= 0.3 is 6.03 Å². The molecule has 0 aromatic carbocycles. The third-order valence-corrected chi connectivity index (χ3v) is 4.64. The van der Waals surface area contributed by atoms with Gasteiger partial charge < -0.3 is 10.2 Å². The molecule has 2 rings (SSSR count). The van der Waals surface area contributed by atoms with Gasteiger partial charge in [-0.2, -0.15) is 0 Å². The summed E-state index contributed by atoms with van der Waals surface area (Å²) in [6, 6.07) is 0.627. The van der Waals surface area contributed by atoms with Crippen LogP contribution in [0.1, 0.15) is 64.7 Å². The van der Waals surface area contributed by atoms with Gasteiger partial charge in [0.05, 0.1) is 0 Å². The van der Waals surface area contributed by atoms with E-state index in [0.29, 0.717) is 12.0 Å². The molecule has 2 unspecified atom stereocenters. The van der Waals surface area contributed by atoms with Crippen molar-refractivity contribution in [2.45, 2.75) is 70.8 Å². The number of nitrogens with one attached hydrogen (secondary N) is 1. The number of nitrogens with zero attached hydrogens (tertiary/aromatic N) is 1. The van der Waals surface area contributed by atoms with Crippen molar-refractivity contribution in [3.05, 3.63) is 0 Å². The van der Waals surface area contributed by atoms with Crippen molar-refractivity contribution in [2.75, 3.05) is 13.1 Å². The van der Waals surface area contributed by atoms with Gasteiger partial charge in [-0.05, 0) is 31.6 Å². The maximum Gasteiger partial charge on any atom is 0.317 e. The summed E-state index contributed by atoms with van der Waals surface area (Å²) in [5.41, 5.74) is 0. The SMILES string of the molecule is CCC1CCCCC1NC(=O)N1CCCCCC1. The highest BCUT2D eigenvalue weighted by molar-refractivity contribution is 5.74. The van der Waals surface area contributed by atoms with Crippen molar-refractivity contribution in [1.82, 2.24) is 10.2 Å². The quantitative estimate of drug-likeness (QED) is 0.801. The van der Waals surface area contributed by atoms with Crippen LogP contribution in [0, 0.1) is 5.92 Å². The molecule has 0 aromatic heterocycles. The highest BCUT2D eigenvalue weighted by atomic mass is 16.2. The largest absolute Gasteiger partial charge is 0.335 e. The molecule has 1 N–H and O–H groups in total. The predicted molar refractivity (Wildman–Crippen MR) is 74.6 cm³/mol. The monoisotopic (exact) mass is 252 g/mol. The molecule has 0 bridgehead atoms. The summed E-state index contributed by atoms with van der Waals surface area (Å²) in [5, 5.41) is 3.30. The molecule has 2 amide bonds. The zero-order chi connectivity index (χ0) is 12.8. The Hall–Kier alpha value is -0.730. The van der Waals surface area contributed by atoms with Crippen LogP contribution >= 0.6 is 0 Å². The Balaban J connectivity index is 1.84. The third-order valence-electron chi connectivity index (χ3n) is 4.64. The van der Waals surface area contributed by atoms with Crippen LogP contribution in [-0.4, -0.2) is 30.1 Å². The third kappa shape index (κ3) is 3.63. The number of carbonyl (C=O) groups excluding carboxylic acids is 1. The maximum absolute atomic E-state index is 12.3. The van der Waals surface area contributed by atoms with Crippen molar-refractivity contribution in [1.29, 1.82) is 0 Å². The number of carbonyl (C=O) groups is 1. The van der Waals surface area contributed by atoms with Gasteiger partial charge in [-0.25, -0.2) is 4.79 Å². The molecule has 2 atom stereocenters. The predicted octanol–water partition coefficient (Wildman–Crippen LogP) is 3.54. The molecule has 0 spiro atoms. The van der Waals surface area contributed by atoms with Crippen LogP contribution in [0.25, 0.3) is 0 Å². The molecule has 1 aliphatic carbocycles. The van der Waals surface area contributed by atoms with E-state index in [4.69, 9.17) is 0 Å². The van der Waals surface area contributed by atoms with Crippen molar-refractivity contribution in [2.24, 2.45) is 5.92 Å². The second-order valence-electron chi connectivity index (χ2n) is 5.91. The van der Waals surface area contributed by atoms with Crippen LogP contribution in [0.3, 0.4) is 0 Å². The summed E-state index contributed by atoms with van der Waals surface area (Å²) < 4.78 is 0. The minimum atomic E-state index is 0.197. The fraction of sp³-hybridized carbons (Fsp3) is 0.933. The van der Waals surface area contributed by atoms with Gasteiger partial charge in [-0.1, -0.05) is 39.0 Å². The summed E-state index contributed by atoms with van der Waals surface area (Å²) in [4.78, 5) is 14.3. The van der Waals surface area contributed by atoms with Crippen molar-refractivity contribution >= 4 is 6.03 Å². The smallest absolute Gasteiger partial charge is 0.317 e. The Labute approximate surface area is 111 Å². The normalized spacial score (nSPS) is 29.7. The van der Waals surface area contributed by atoms with Gasteiger partial charge in [0.15, 0.2) is 0 Å². The van der Waals surface area contributed by atoms with Gasteiger partial charge in [0.1, 0.15) is 0 Å². The molecule has 3 nitrogen and oxygen atoms in total. The summed E-state index contributed by atoms with van der Waals surface area (Å²) in [6.07, 6.45) is 11.2. The molecular formula is C15H28N2O. The fourth-order valence-corrected chi connectivity index (χ4v) is 3.41. The zero-order valence-corrected chi connectivity index (χ0v) is 11.8. The van der Waals surface area contributed by atoms with Crippen LogP contribution in [0.2, 0.25) is 0 Å². The van der Waals surface area contributed by atoms with Crippen molar-refractivity contribution in [3.63, 3.8) is 0 Å². The van der Waals surface area contributed by atoms with E-state index in [9.17, 15) is 4.79 Å². The zero-order valence-electron chi connectivity index (χ0n) is 11.8. The van der Waals surface area contributed by atoms with Crippen LogP contribution in [0.15, 0.2) is 0 Å². The topological polar surface area (TPSA) is 32.3 Å². The van der Waals surface area contributed by atoms with Crippen LogP contribution < -0.4 is 5.32 Å². The number of amides is 2. The molecule has 2 aliphatic rings. The first kappa shape index (κ1) is 13.7. The number of likely N-dealkylation sites (tertiary alicyclic amines) is 1. The molecule has 0 aromatic rings. The minimum Gasteiger partial charge on any atom is -0.335 e. The maximum atomic E-state index is 12.3. The number of hydrogen-bond acceptors (Lipinski definition) is 1. The molecule has 18 heavy (non-hydrogen) atoms. The lowest BCUT2D eigenvalue weighted by molar-refractivity contribution is 0.180. The van der Waals surface area contributed by atoms with E-state index in [1.807, 2.05) is 4.90 Å². The molecule has 1 heterocycles. The molecule has 1 saturated heterocycles. The molecule has 0 radical (unpaired) electrons. The summed E-state index contributed by atoms with van der Waals surface area (Å²) in [7, 11) is 0.